The van der Waals surface area contributed by atoms with E-state index in [9.17, 15) is 79.2 Å². The summed E-state index contributed by atoms with van der Waals surface area (Å²) < 4.78 is 46.7. The van der Waals surface area contributed by atoms with Crippen LogP contribution in [0.25, 0.3) is 11.0 Å². The van der Waals surface area contributed by atoms with E-state index in [0.29, 0.717) is 27.7 Å². The number of hydrogen-bond acceptors (Lipinski definition) is 29. The number of carbonyl (C=O) groups excluding carboxylic acids is 8. The first-order valence-corrected chi connectivity index (χ1v) is 40.8. The molecule has 32 heteroatoms. The van der Waals surface area contributed by atoms with Gasteiger partial charge in [0.05, 0.1) is 71.7 Å². The van der Waals surface area contributed by atoms with Crippen LogP contribution in [0.3, 0.4) is 0 Å². The van der Waals surface area contributed by atoms with Gasteiger partial charge in [0.2, 0.25) is 0 Å². The molecule has 5 aromatic carbocycles. The predicted molar refractivity (Wildman–Crippen MR) is 438 cm³/mol. The SMILES string of the molecule is CC(C)(C)OC(=O)On1nnc2ccccc21.CC1=C2[C@@H](O)C(=O)C3(C)C([C@H](OC(=O)c4ccccc4)[C@](O)(C[C@@H]1OC(=O)[C@H](O)[C@@H](N)c1ccccc1)C2(C)C)[C@]1(C)COC1C[C@@H]3O.CC1=C2[C@@H](O)C(=O)C3(C)C([C@H](OC(=O)c4ccccc4)[C@](O)(C[C@@H]1OC(=O)[C@H](O)[C@@H](NC(=O)OC(C)(C)C)c1ccccc1)C2(C)C)[C@]1(C)COC1C[C@@H]3O.O=CO. The molecule has 14 rings (SSSR count). The van der Waals surface area contributed by atoms with Crippen LogP contribution >= 0.6 is 0 Å². The highest BCUT2D eigenvalue weighted by molar-refractivity contribution is 5.95. The smallest absolute Gasteiger partial charge is 0.483 e. The van der Waals surface area contributed by atoms with Gasteiger partial charge in [-0.15, -0.1) is 5.10 Å². The number of ether oxygens (including phenoxy) is 8. The molecule has 664 valence electrons. The fourth-order valence-corrected chi connectivity index (χ4v) is 19.8. The molecular weight excluding hydrogens is 1600 g/mol. The summed E-state index contributed by atoms with van der Waals surface area (Å²) in [5.41, 5.74) is -4.35. The number of ketones is 2. The molecule has 12 N–H and O–H groups in total. The molecule has 2 aliphatic heterocycles. The van der Waals surface area contributed by atoms with Gasteiger partial charge < -0.3 is 94.9 Å². The molecule has 1 aromatic heterocycles. The average Bonchev–Trinajstić information content (AvgIpc) is 1.67. The first kappa shape index (κ1) is 93.5. The second-order valence-electron chi connectivity index (χ2n) is 37.1. The minimum atomic E-state index is -2.15. The van der Waals surface area contributed by atoms with Gasteiger partial charge >= 0.3 is 36.1 Å². The van der Waals surface area contributed by atoms with Crippen LogP contribution in [0.15, 0.2) is 168 Å². The number of aliphatic hydroxyl groups excluding tert-OH is 6. The number of carbonyl (C=O) groups is 9. The third-order valence-corrected chi connectivity index (χ3v) is 26.6. The van der Waals surface area contributed by atoms with Gasteiger partial charge in [0.25, 0.3) is 6.47 Å². The summed E-state index contributed by atoms with van der Waals surface area (Å²) in [5, 5.41) is 113. The minimum absolute atomic E-state index is 0.0369. The zero-order valence-corrected chi connectivity index (χ0v) is 71.7. The molecule has 22 atom stereocenters. The van der Waals surface area contributed by atoms with Crippen molar-refractivity contribution in [3.8, 4) is 0 Å². The maximum atomic E-state index is 14.8. The number of esters is 4. The van der Waals surface area contributed by atoms with Crippen molar-refractivity contribution in [3.05, 3.63) is 190 Å². The van der Waals surface area contributed by atoms with Crippen molar-refractivity contribution in [1.29, 1.82) is 0 Å². The van der Waals surface area contributed by atoms with Gasteiger partial charge in [0.1, 0.15) is 70.1 Å². The van der Waals surface area contributed by atoms with E-state index in [2.05, 4.69) is 15.6 Å². The highest BCUT2D eigenvalue weighted by Gasteiger charge is 2.78. The summed E-state index contributed by atoms with van der Waals surface area (Å²) in [7, 11) is 0. The van der Waals surface area contributed by atoms with Crippen molar-refractivity contribution in [1.82, 2.24) is 20.5 Å². The number of fused-ring (bicyclic) bond motifs is 11. The number of para-hydroxylation sites is 1. The lowest BCUT2D eigenvalue weighted by molar-refractivity contribution is -0.313. The highest BCUT2D eigenvalue weighted by atomic mass is 16.8. The number of benzene rings is 5. The van der Waals surface area contributed by atoms with Crippen LogP contribution in [0.4, 0.5) is 9.59 Å². The minimum Gasteiger partial charge on any atom is -0.483 e. The maximum absolute atomic E-state index is 14.8. The maximum Gasteiger partial charge on any atom is 0.535 e. The van der Waals surface area contributed by atoms with E-state index in [4.69, 9.17) is 58.4 Å². The predicted octanol–water partition coefficient (Wildman–Crippen LogP) is 7.86. The van der Waals surface area contributed by atoms with Crippen LogP contribution < -0.4 is 15.9 Å². The highest BCUT2D eigenvalue weighted by Crippen LogP contribution is 2.68. The summed E-state index contributed by atoms with van der Waals surface area (Å²) >= 11 is 0. The van der Waals surface area contributed by atoms with Gasteiger partial charge in [-0.25, -0.2) is 28.8 Å². The van der Waals surface area contributed by atoms with Crippen LogP contribution in [-0.2, 0) is 61.9 Å². The Labute approximate surface area is 711 Å². The van der Waals surface area contributed by atoms with Crippen molar-refractivity contribution < 1.29 is 132 Å². The van der Waals surface area contributed by atoms with E-state index in [1.807, 2.05) is 19.9 Å². The van der Waals surface area contributed by atoms with E-state index in [0.717, 1.165) is 4.85 Å². The molecule has 1 amide bonds. The van der Waals surface area contributed by atoms with Crippen molar-refractivity contribution in [2.24, 2.45) is 50.1 Å². The Kier molecular flexibility index (Phi) is 26.6. The van der Waals surface area contributed by atoms with Crippen LogP contribution in [-0.4, -0.2) is 224 Å². The van der Waals surface area contributed by atoms with E-state index in [-0.39, 0.29) is 73.2 Å². The lowest BCUT2D eigenvalue weighted by Gasteiger charge is -2.68. The zero-order chi connectivity index (χ0) is 90.6. The Bertz CT molecular complexity index is 4990. The van der Waals surface area contributed by atoms with Crippen LogP contribution in [0, 0.1) is 44.3 Å². The number of aliphatic hydroxyl groups is 8. The number of Topliss-reactive ketones (excluding diaryl/α,β-unsaturated/α-hetero) is 2. The number of alkyl carbamates (subject to hydrolysis) is 1. The molecule has 2 saturated heterocycles. The van der Waals surface area contributed by atoms with Gasteiger partial charge in [0.15, 0.2) is 23.8 Å². The lowest BCUT2D eigenvalue weighted by Crippen LogP contribution is -2.77. The largest absolute Gasteiger partial charge is 0.535 e. The molecule has 3 heterocycles. The van der Waals surface area contributed by atoms with E-state index in [1.54, 1.807) is 236 Å². The first-order valence-electron chi connectivity index (χ1n) is 40.8. The number of carboxylic acid groups (broad SMARTS) is 1. The molecule has 6 aliphatic carbocycles. The average molecular weight is 1710 g/mol. The third kappa shape index (κ3) is 17.2. The standard InChI is InChI=1S/C42H53NO12.C37H45NO10.C11H13N3O3.CH2O2/c1-22-25(53-36(49)31(46)29(23-15-11-9-12-16-23)43-37(50)55-38(2,3)4)20-42(51)34(54-35(48)24-17-13-10-14-18-24)32-40(7)21-52-27(40)19-26(44)41(32,8)33(47)30(45)28(22)39(42,5)6;1-19-22(47-33(44)28(41)26(38)20-12-8-6-9-13-20)17-37(45)31(48-32(43)21-14-10-7-11-15-21)29-35(4)18-46-24(35)16-23(39)36(29,5)30(42)27(40)25(19)34(37,2)3;1-11(2,3)16-10(15)17-14-9-7-5-4-6-8(9)12-13-14;2-1-3/h9-18,25-27,29-32,34,44-46,51H,19-21H2,1-8H3,(H,43,50);6-15,22-24,26-29,31,39-41,45H,16-18,38H2,1-5H3;4-7H,1-3H3;1H,(H,2,3)/t25-,26-,27?,29-,30+,31+,32?,34-,40+,41?,42+;22-,23-,24?,26-,27+,28+,29?,31-,35+,36?,37+;;/m00../s1. The molecule has 6 unspecified atom stereocenters. The molecule has 6 aromatic rings. The van der Waals surface area contributed by atoms with Crippen molar-refractivity contribution in [2.45, 2.75) is 244 Å². The normalized spacial score (nSPS) is 32.3. The number of nitrogens with two attached hydrogens (primary N) is 1. The van der Waals surface area contributed by atoms with Crippen molar-refractivity contribution in [3.63, 3.8) is 0 Å². The van der Waals surface area contributed by atoms with Crippen LogP contribution in [0.1, 0.15) is 180 Å². The number of amides is 1. The van der Waals surface area contributed by atoms with E-state index < -0.39 is 200 Å². The summed E-state index contributed by atoms with van der Waals surface area (Å²) in [6.07, 6.45) is -18.9. The Balaban J connectivity index is 0.000000197. The van der Waals surface area contributed by atoms with Gasteiger partial charge in [-0.3, -0.25) is 19.2 Å². The third-order valence-electron chi connectivity index (χ3n) is 26.6. The zero-order valence-electron chi connectivity index (χ0n) is 71.7. The molecule has 32 nitrogen and oxygen atoms in total. The molecule has 4 bridgehead atoms. The fraction of sp³-hybridized carbons (Fsp3) is 0.527. The second kappa shape index (κ2) is 35.1. The molecule has 6 fully saturated rings. The van der Waals surface area contributed by atoms with Gasteiger partial charge in [-0.1, -0.05) is 156 Å². The second-order valence-corrected chi connectivity index (χ2v) is 37.1. The van der Waals surface area contributed by atoms with Crippen LogP contribution in [0.5, 0.6) is 0 Å². The van der Waals surface area contributed by atoms with Crippen molar-refractivity contribution in [2.75, 3.05) is 13.2 Å². The number of rotatable bonds is 14. The Morgan fingerprint density at radius 3 is 1.32 bits per heavy atom. The molecule has 8 aliphatic rings. The lowest BCUT2D eigenvalue weighted by atomic mass is 9.42. The summed E-state index contributed by atoms with van der Waals surface area (Å²) in [6, 6.07) is 37.9. The number of nitrogens with zero attached hydrogens (tertiary/aromatic N) is 3. The van der Waals surface area contributed by atoms with E-state index in [1.165, 1.54) is 0 Å². The van der Waals surface area contributed by atoms with E-state index >= 15 is 0 Å². The molecule has 0 spiro atoms. The van der Waals surface area contributed by atoms with Crippen LogP contribution in [0.2, 0.25) is 0 Å². The monoisotopic (exact) mass is 1710 g/mol. The quantitative estimate of drug-likeness (QED) is 0.0162. The van der Waals surface area contributed by atoms with Gasteiger partial charge in [-0.05, 0) is 144 Å². The molecule has 0 radical (unpaired) electrons. The van der Waals surface area contributed by atoms with Crippen molar-refractivity contribution >= 4 is 65.2 Å². The molecule has 4 saturated carbocycles. The Morgan fingerprint density at radius 2 is 0.927 bits per heavy atom. The Morgan fingerprint density at radius 1 is 0.553 bits per heavy atom. The topological polar surface area (TPSA) is 488 Å². The van der Waals surface area contributed by atoms with Gasteiger partial charge in [-0.2, -0.15) is 0 Å². The molecule has 123 heavy (non-hydrogen) atoms. The fourth-order valence-electron chi connectivity index (χ4n) is 19.8. The Hall–Kier alpha value is -10.2. The summed E-state index contributed by atoms with van der Waals surface area (Å²) in [4.78, 5) is 123. The molecular formula is C91H113N5O27. The summed E-state index contributed by atoms with van der Waals surface area (Å²) in [6.45, 7) is 26.9. The number of hydrogen-bond donors (Lipinski definition) is 11. The summed E-state index contributed by atoms with van der Waals surface area (Å²) in [5.74, 6) is -7.33. The number of nitrogens with one attached hydrogen (secondary N) is 1. The number of aromatic nitrogens is 3. The first-order chi connectivity index (χ1) is 57.4. The van der Waals surface area contributed by atoms with Gasteiger partial charge in [0, 0.05) is 59.2 Å².